The Kier molecular flexibility index (Phi) is 11.3. The molecular weight excluding hydrogens is 387 g/mol. The zero-order chi connectivity index (χ0) is 20.3. The number of amides is 1. The van der Waals surface area contributed by atoms with E-state index in [1.165, 1.54) is 30.3 Å². The van der Waals surface area contributed by atoms with Crippen LogP contribution in [0.15, 0.2) is 35.2 Å². The fourth-order valence-electron chi connectivity index (χ4n) is 1.78. The van der Waals surface area contributed by atoms with E-state index in [0.717, 1.165) is 6.21 Å². The molecule has 0 heterocycles. The van der Waals surface area contributed by atoms with Gasteiger partial charge in [0.15, 0.2) is 0 Å². The van der Waals surface area contributed by atoms with Crippen LogP contribution < -0.4 is 10.6 Å². The fraction of sp³-hybridized carbons (Fsp3) is 0.412. The quantitative estimate of drug-likeness (QED) is 0.317. The molecule has 0 aliphatic rings. The molecule has 0 radical (unpaired) electrons. The van der Waals surface area contributed by atoms with Crippen LogP contribution in [0.1, 0.15) is 32.4 Å². The third-order valence-electron chi connectivity index (χ3n) is 2.80. The summed E-state index contributed by atoms with van der Waals surface area (Å²) in [7, 11) is 0. The van der Waals surface area contributed by atoms with Crippen molar-refractivity contribution in [3.8, 4) is 0 Å². The number of benzene rings is 1. The van der Waals surface area contributed by atoms with Gasteiger partial charge in [-0.05, 0) is 38.1 Å². The molecule has 1 atom stereocenters. The lowest BCUT2D eigenvalue weighted by molar-refractivity contribution is -0.157. The molecule has 0 bridgehead atoms. The van der Waals surface area contributed by atoms with Crippen molar-refractivity contribution in [2.45, 2.75) is 39.0 Å². The van der Waals surface area contributed by atoms with Crippen LogP contribution in [-0.4, -0.2) is 30.9 Å². The zero-order valence-electron chi connectivity index (χ0n) is 14.7. The summed E-state index contributed by atoms with van der Waals surface area (Å²) in [6.07, 6.45) is -2.00. The molecule has 1 amide bonds. The zero-order valence-corrected chi connectivity index (χ0v) is 16.3. The van der Waals surface area contributed by atoms with E-state index < -0.39 is 12.2 Å². The summed E-state index contributed by atoms with van der Waals surface area (Å²) >= 11 is 9.45. The Hall–Kier alpha value is -1.51. The molecular formula is C17H23ClF3N3OS. The van der Waals surface area contributed by atoms with Crippen LogP contribution in [0.4, 0.5) is 13.2 Å². The molecule has 26 heavy (non-hydrogen) atoms. The Bertz CT molecular complexity index is 604. The largest absolute Gasteiger partial charge is 0.407 e. The highest BCUT2D eigenvalue weighted by Gasteiger charge is 2.39. The number of nitrogens with one attached hydrogen (secondary N) is 3. The Balaban J connectivity index is 0.000000508. The first kappa shape index (κ1) is 24.5. The SMILES string of the molecule is CC(C)NC(=O)/C=C(/S)C=N.CCN[C@H](c1ccc(Cl)cc1)C(F)(F)F. The highest BCUT2D eigenvalue weighted by atomic mass is 35.5. The highest BCUT2D eigenvalue weighted by Crippen LogP contribution is 2.32. The van der Waals surface area contributed by atoms with Crippen molar-refractivity contribution >= 4 is 36.4 Å². The van der Waals surface area contributed by atoms with E-state index in [4.69, 9.17) is 17.0 Å². The maximum absolute atomic E-state index is 12.6. The molecule has 0 unspecified atom stereocenters. The molecule has 0 aliphatic carbocycles. The van der Waals surface area contributed by atoms with Crippen LogP contribution in [0.2, 0.25) is 5.02 Å². The molecule has 1 aromatic rings. The minimum Gasteiger partial charge on any atom is -0.350 e. The van der Waals surface area contributed by atoms with Crippen LogP contribution in [0.25, 0.3) is 0 Å². The summed E-state index contributed by atoms with van der Waals surface area (Å²) in [5.41, 5.74) is 0.175. The molecule has 0 aromatic heterocycles. The molecule has 0 saturated heterocycles. The third-order valence-corrected chi connectivity index (χ3v) is 3.31. The van der Waals surface area contributed by atoms with Gasteiger partial charge in [0.05, 0.1) is 0 Å². The van der Waals surface area contributed by atoms with Crippen LogP contribution >= 0.6 is 24.2 Å². The molecule has 0 fully saturated rings. The standard InChI is InChI=1S/C10H11ClF3N.C7H12N2OS/c1-2-15-9(10(12,13)14)7-3-5-8(11)6-4-7;1-5(2)9-7(10)3-6(11)4-8/h3-6,9,15H,2H2,1H3;3-5,8,11H,1-2H3,(H,9,10)/b;6-3+,8-4?/t9-;/m1./s1. The Morgan fingerprint density at radius 2 is 1.85 bits per heavy atom. The van der Waals surface area contributed by atoms with Crippen molar-refractivity contribution in [2.24, 2.45) is 0 Å². The Morgan fingerprint density at radius 1 is 1.31 bits per heavy atom. The van der Waals surface area contributed by atoms with E-state index >= 15 is 0 Å². The van der Waals surface area contributed by atoms with Crippen molar-refractivity contribution in [1.29, 1.82) is 5.41 Å². The average molecular weight is 410 g/mol. The van der Waals surface area contributed by atoms with E-state index in [1.807, 2.05) is 13.8 Å². The molecule has 0 spiro atoms. The maximum Gasteiger partial charge on any atom is 0.407 e. The minimum atomic E-state index is -4.29. The molecule has 3 N–H and O–H groups in total. The second-order valence-corrected chi connectivity index (χ2v) is 6.41. The molecule has 0 aliphatic heterocycles. The van der Waals surface area contributed by atoms with Gasteiger partial charge in [-0.25, -0.2) is 0 Å². The van der Waals surface area contributed by atoms with Crippen LogP contribution in [-0.2, 0) is 4.79 Å². The second kappa shape index (κ2) is 12.0. The Morgan fingerprint density at radius 3 is 2.23 bits per heavy atom. The number of halogens is 4. The Labute approximate surface area is 162 Å². The summed E-state index contributed by atoms with van der Waals surface area (Å²) in [5, 5.41) is 12.2. The molecule has 4 nitrogen and oxygen atoms in total. The van der Waals surface area contributed by atoms with Gasteiger partial charge in [0.25, 0.3) is 0 Å². The lowest BCUT2D eigenvalue weighted by atomic mass is 10.1. The van der Waals surface area contributed by atoms with E-state index in [-0.39, 0.29) is 24.1 Å². The molecule has 1 rings (SSSR count). The summed E-state index contributed by atoms with van der Waals surface area (Å²) in [6, 6.07) is 4.15. The van der Waals surface area contributed by atoms with Crippen LogP contribution in [0.3, 0.4) is 0 Å². The van der Waals surface area contributed by atoms with E-state index in [2.05, 4.69) is 23.3 Å². The first-order valence-corrected chi connectivity index (χ1v) is 8.60. The molecule has 9 heteroatoms. The van der Waals surface area contributed by atoms with E-state index in [9.17, 15) is 18.0 Å². The summed E-state index contributed by atoms with van der Waals surface area (Å²) < 4.78 is 37.8. The first-order valence-electron chi connectivity index (χ1n) is 7.78. The van der Waals surface area contributed by atoms with Gasteiger partial charge in [0.2, 0.25) is 5.91 Å². The minimum absolute atomic E-state index is 0.116. The van der Waals surface area contributed by atoms with Gasteiger partial charge in [-0.3, -0.25) is 4.79 Å². The maximum atomic E-state index is 12.6. The number of hydrogen-bond donors (Lipinski definition) is 4. The monoisotopic (exact) mass is 409 g/mol. The number of hydrogen-bond acceptors (Lipinski definition) is 4. The summed E-state index contributed by atoms with van der Waals surface area (Å²) in [6.45, 7) is 5.63. The van der Waals surface area contributed by atoms with Crippen molar-refractivity contribution in [2.75, 3.05) is 6.54 Å². The van der Waals surface area contributed by atoms with Gasteiger partial charge in [0, 0.05) is 28.3 Å². The van der Waals surface area contributed by atoms with Gasteiger partial charge in [-0.2, -0.15) is 13.2 Å². The number of alkyl halides is 3. The predicted molar refractivity (Wildman–Crippen MR) is 103 cm³/mol. The fourth-order valence-corrected chi connectivity index (χ4v) is 2.03. The van der Waals surface area contributed by atoms with Crippen molar-refractivity contribution in [1.82, 2.24) is 10.6 Å². The second-order valence-electron chi connectivity index (χ2n) is 5.46. The van der Waals surface area contributed by atoms with Gasteiger partial charge in [0.1, 0.15) is 6.04 Å². The van der Waals surface area contributed by atoms with Crippen molar-refractivity contribution in [3.63, 3.8) is 0 Å². The van der Waals surface area contributed by atoms with E-state index in [0.29, 0.717) is 9.93 Å². The molecule has 1 aromatic carbocycles. The number of carbonyl (C=O) groups is 1. The number of rotatable bonds is 6. The lowest BCUT2D eigenvalue weighted by Gasteiger charge is -2.21. The van der Waals surface area contributed by atoms with Crippen molar-refractivity contribution in [3.05, 3.63) is 45.8 Å². The number of allylic oxidation sites excluding steroid dienone is 1. The van der Waals surface area contributed by atoms with Gasteiger partial charge < -0.3 is 16.0 Å². The number of thiol groups is 1. The summed E-state index contributed by atoms with van der Waals surface area (Å²) in [4.78, 5) is 11.2. The normalized spacial score (nSPS) is 12.9. The summed E-state index contributed by atoms with van der Waals surface area (Å²) in [5.74, 6) is -0.214. The highest BCUT2D eigenvalue weighted by molar-refractivity contribution is 7.85. The smallest absolute Gasteiger partial charge is 0.350 e. The van der Waals surface area contributed by atoms with Crippen LogP contribution in [0.5, 0.6) is 0 Å². The number of carbonyl (C=O) groups excluding carboxylic acids is 1. The van der Waals surface area contributed by atoms with Gasteiger partial charge in [-0.1, -0.05) is 30.7 Å². The average Bonchev–Trinajstić information content (AvgIpc) is 2.52. The lowest BCUT2D eigenvalue weighted by Crippen LogP contribution is -2.33. The topological polar surface area (TPSA) is 65.0 Å². The van der Waals surface area contributed by atoms with Gasteiger partial charge in [-0.15, -0.1) is 12.6 Å². The third kappa shape index (κ3) is 10.5. The van der Waals surface area contributed by atoms with Crippen molar-refractivity contribution < 1.29 is 18.0 Å². The molecule has 0 saturated carbocycles. The predicted octanol–water partition coefficient (Wildman–Crippen LogP) is 4.53. The van der Waals surface area contributed by atoms with Crippen LogP contribution in [0, 0.1) is 5.41 Å². The first-order chi connectivity index (χ1) is 12.0. The van der Waals surface area contributed by atoms with E-state index in [1.54, 1.807) is 6.92 Å². The van der Waals surface area contributed by atoms with Gasteiger partial charge >= 0.3 is 6.18 Å². The molecule has 146 valence electrons.